The van der Waals surface area contributed by atoms with Gasteiger partial charge in [-0.1, -0.05) is 6.92 Å². The van der Waals surface area contributed by atoms with Crippen LogP contribution in [0.25, 0.3) is 0 Å². The Morgan fingerprint density at radius 1 is 1.33 bits per heavy atom. The second-order valence-corrected chi connectivity index (χ2v) is 8.68. The van der Waals surface area contributed by atoms with Crippen molar-refractivity contribution in [2.75, 3.05) is 23.7 Å². The molecule has 1 aliphatic rings. The molecule has 1 heterocycles. The SMILES string of the molecule is CCCNC(=O)CCS(=O)(=O)c1cc2c(cc1Br)CCN2C(C)=O. The van der Waals surface area contributed by atoms with Gasteiger partial charge in [0, 0.05) is 36.6 Å². The molecule has 0 saturated carbocycles. The minimum atomic E-state index is -3.63. The minimum Gasteiger partial charge on any atom is -0.356 e. The maximum atomic E-state index is 12.6. The van der Waals surface area contributed by atoms with Crippen molar-refractivity contribution >= 4 is 43.3 Å². The van der Waals surface area contributed by atoms with Crippen molar-refractivity contribution in [2.45, 2.75) is 38.0 Å². The number of carbonyl (C=O) groups excluding carboxylic acids is 2. The highest BCUT2D eigenvalue weighted by molar-refractivity contribution is 9.10. The van der Waals surface area contributed by atoms with E-state index >= 15 is 0 Å². The van der Waals surface area contributed by atoms with E-state index in [2.05, 4.69) is 21.2 Å². The van der Waals surface area contributed by atoms with Crippen LogP contribution in [0.2, 0.25) is 0 Å². The van der Waals surface area contributed by atoms with E-state index in [4.69, 9.17) is 0 Å². The number of amides is 2. The number of nitrogens with one attached hydrogen (secondary N) is 1. The number of hydrogen-bond donors (Lipinski definition) is 1. The maximum Gasteiger partial charge on any atom is 0.223 e. The molecule has 2 amide bonds. The van der Waals surface area contributed by atoms with E-state index in [0.29, 0.717) is 29.7 Å². The summed E-state index contributed by atoms with van der Waals surface area (Å²) in [6.45, 7) is 4.48. The molecule has 1 aromatic carbocycles. The first kappa shape index (κ1) is 18.9. The number of carbonyl (C=O) groups is 2. The van der Waals surface area contributed by atoms with Crippen molar-refractivity contribution in [1.29, 1.82) is 0 Å². The Kier molecular flexibility index (Phi) is 6.03. The Morgan fingerprint density at radius 3 is 2.67 bits per heavy atom. The average molecular weight is 417 g/mol. The highest BCUT2D eigenvalue weighted by atomic mass is 79.9. The van der Waals surface area contributed by atoms with Crippen molar-refractivity contribution in [3.05, 3.63) is 22.2 Å². The molecule has 132 valence electrons. The number of benzene rings is 1. The van der Waals surface area contributed by atoms with Crippen LogP contribution in [-0.2, 0) is 25.8 Å². The van der Waals surface area contributed by atoms with Crippen LogP contribution >= 0.6 is 15.9 Å². The van der Waals surface area contributed by atoms with E-state index in [-0.39, 0.29) is 28.9 Å². The number of anilines is 1. The molecule has 0 unspecified atom stereocenters. The second kappa shape index (κ2) is 7.65. The van der Waals surface area contributed by atoms with Gasteiger partial charge in [-0.05, 0) is 46.5 Å². The second-order valence-electron chi connectivity index (χ2n) is 5.75. The molecule has 0 aromatic heterocycles. The molecule has 2 rings (SSSR count). The fourth-order valence-electron chi connectivity index (χ4n) is 2.64. The highest BCUT2D eigenvalue weighted by Gasteiger charge is 2.27. The zero-order chi connectivity index (χ0) is 17.9. The molecule has 0 fully saturated rings. The highest BCUT2D eigenvalue weighted by Crippen LogP contribution is 2.35. The van der Waals surface area contributed by atoms with Crippen LogP contribution < -0.4 is 10.2 Å². The van der Waals surface area contributed by atoms with Gasteiger partial charge >= 0.3 is 0 Å². The third-order valence-electron chi connectivity index (χ3n) is 3.91. The van der Waals surface area contributed by atoms with E-state index in [1.54, 1.807) is 11.0 Å². The normalized spacial score (nSPS) is 13.7. The third kappa shape index (κ3) is 4.16. The van der Waals surface area contributed by atoms with Gasteiger partial charge in [0.2, 0.25) is 11.8 Å². The summed E-state index contributed by atoms with van der Waals surface area (Å²) in [7, 11) is -3.63. The lowest BCUT2D eigenvalue weighted by Gasteiger charge is -2.16. The van der Waals surface area contributed by atoms with Gasteiger partial charge in [-0.25, -0.2) is 8.42 Å². The van der Waals surface area contributed by atoms with E-state index in [1.807, 2.05) is 6.92 Å². The zero-order valence-electron chi connectivity index (χ0n) is 13.8. The molecule has 1 N–H and O–H groups in total. The van der Waals surface area contributed by atoms with Gasteiger partial charge in [-0.2, -0.15) is 0 Å². The van der Waals surface area contributed by atoms with Crippen molar-refractivity contribution < 1.29 is 18.0 Å². The number of rotatable bonds is 6. The molecule has 8 heteroatoms. The maximum absolute atomic E-state index is 12.6. The molecule has 6 nitrogen and oxygen atoms in total. The van der Waals surface area contributed by atoms with Crippen LogP contribution in [0.4, 0.5) is 5.69 Å². The van der Waals surface area contributed by atoms with Crippen LogP contribution in [0.3, 0.4) is 0 Å². The molecule has 0 saturated heterocycles. The summed E-state index contributed by atoms with van der Waals surface area (Å²) in [6.07, 6.45) is 1.42. The van der Waals surface area contributed by atoms with Crippen LogP contribution in [-0.4, -0.2) is 39.1 Å². The van der Waals surface area contributed by atoms with Gasteiger partial charge < -0.3 is 10.2 Å². The monoisotopic (exact) mass is 416 g/mol. The summed E-state index contributed by atoms with van der Waals surface area (Å²) in [4.78, 5) is 25.0. The van der Waals surface area contributed by atoms with Crippen LogP contribution in [0, 0.1) is 0 Å². The Bertz CT molecular complexity index is 762. The lowest BCUT2D eigenvalue weighted by molar-refractivity contribution is -0.120. The van der Waals surface area contributed by atoms with Crippen LogP contribution in [0.5, 0.6) is 0 Å². The topological polar surface area (TPSA) is 83.6 Å². The van der Waals surface area contributed by atoms with Gasteiger partial charge in [0.25, 0.3) is 0 Å². The summed E-state index contributed by atoms with van der Waals surface area (Å²) in [6, 6.07) is 3.29. The number of fused-ring (bicyclic) bond motifs is 1. The molecular formula is C16H21BrN2O4S. The lowest BCUT2D eigenvalue weighted by atomic mass is 10.2. The van der Waals surface area contributed by atoms with Crippen LogP contribution in [0.15, 0.2) is 21.5 Å². The molecule has 0 atom stereocenters. The van der Waals surface area contributed by atoms with Gasteiger partial charge in [-0.3, -0.25) is 9.59 Å². The molecule has 0 radical (unpaired) electrons. The molecule has 0 spiro atoms. The Balaban J connectivity index is 2.23. The fourth-order valence-corrected chi connectivity index (χ4v) is 5.10. The summed E-state index contributed by atoms with van der Waals surface area (Å²) in [5.41, 5.74) is 1.58. The standard InChI is InChI=1S/C16H21BrN2O4S/c1-3-6-18-16(21)5-8-24(22,23)15-10-14-12(9-13(15)17)4-7-19(14)11(2)20/h9-10H,3-8H2,1-2H3,(H,18,21). The van der Waals surface area contributed by atoms with E-state index in [1.165, 1.54) is 13.0 Å². The van der Waals surface area contributed by atoms with E-state index in [0.717, 1.165) is 12.0 Å². The first-order chi connectivity index (χ1) is 11.3. The summed E-state index contributed by atoms with van der Waals surface area (Å²) in [5, 5.41) is 2.67. The van der Waals surface area contributed by atoms with Gasteiger partial charge in [0.1, 0.15) is 0 Å². The Morgan fingerprint density at radius 2 is 2.04 bits per heavy atom. The van der Waals surface area contributed by atoms with Crippen molar-refractivity contribution in [1.82, 2.24) is 5.32 Å². The molecule has 24 heavy (non-hydrogen) atoms. The van der Waals surface area contributed by atoms with Crippen molar-refractivity contribution in [2.24, 2.45) is 0 Å². The number of hydrogen-bond acceptors (Lipinski definition) is 4. The molecule has 0 aliphatic carbocycles. The third-order valence-corrected chi connectivity index (χ3v) is 6.58. The quantitative estimate of drug-likeness (QED) is 0.768. The fraction of sp³-hybridized carbons (Fsp3) is 0.500. The average Bonchev–Trinajstić information content (AvgIpc) is 2.93. The van der Waals surface area contributed by atoms with E-state index in [9.17, 15) is 18.0 Å². The van der Waals surface area contributed by atoms with Crippen molar-refractivity contribution in [3.8, 4) is 0 Å². The van der Waals surface area contributed by atoms with Crippen molar-refractivity contribution in [3.63, 3.8) is 0 Å². The molecule has 0 bridgehead atoms. The molecule has 1 aromatic rings. The molecule has 1 aliphatic heterocycles. The van der Waals surface area contributed by atoms with E-state index < -0.39 is 9.84 Å². The van der Waals surface area contributed by atoms with Gasteiger partial charge in [0.05, 0.1) is 10.6 Å². The summed E-state index contributed by atoms with van der Waals surface area (Å²) >= 11 is 3.31. The molecular weight excluding hydrogens is 396 g/mol. The lowest BCUT2D eigenvalue weighted by Crippen LogP contribution is -2.27. The number of nitrogens with zero attached hydrogens (tertiary/aromatic N) is 1. The van der Waals surface area contributed by atoms with Crippen LogP contribution in [0.1, 0.15) is 32.3 Å². The Hall–Kier alpha value is -1.41. The summed E-state index contributed by atoms with van der Waals surface area (Å²) in [5.74, 6) is -0.651. The predicted molar refractivity (Wildman–Crippen MR) is 95.8 cm³/mol. The summed E-state index contributed by atoms with van der Waals surface area (Å²) < 4.78 is 25.7. The smallest absolute Gasteiger partial charge is 0.223 e. The largest absolute Gasteiger partial charge is 0.356 e. The number of sulfone groups is 1. The first-order valence-electron chi connectivity index (χ1n) is 7.86. The number of halogens is 1. The first-order valence-corrected chi connectivity index (χ1v) is 10.3. The van der Waals surface area contributed by atoms with Gasteiger partial charge in [-0.15, -0.1) is 0 Å². The Labute approximate surface area is 150 Å². The van der Waals surface area contributed by atoms with Gasteiger partial charge in [0.15, 0.2) is 9.84 Å². The minimum absolute atomic E-state index is 0.0811. The predicted octanol–water partition coefficient (Wildman–Crippen LogP) is 2.05. The zero-order valence-corrected chi connectivity index (χ0v) is 16.2.